The Bertz CT molecular complexity index is 223. The molecule has 1 unspecified atom stereocenters. The lowest BCUT2D eigenvalue weighted by Crippen LogP contribution is -2.26. The molecule has 0 aromatic carbocycles. The second-order valence-electron chi connectivity index (χ2n) is 4.07. The van der Waals surface area contributed by atoms with Crippen molar-refractivity contribution in [3.05, 3.63) is 0 Å². The van der Waals surface area contributed by atoms with Crippen molar-refractivity contribution >= 4 is 11.9 Å². The van der Waals surface area contributed by atoms with Crippen LogP contribution in [0.15, 0.2) is 0 Å². The SMILES string of the molecule is CC(CCC(=O)C1CC1)CNC(=O)O. The number of rotatable bonds is 6. The van der Waals surface area contributed by atoms with Gasteiger partial charge in [0.15, 0.2) is 0 Å². The number of hydrogen-bond donors (Lipinski definition) is 2. The minimum atomic E-state index is -0.995. The third-order valence-corrected chi connectivity index (χ3v) is 2.52. The maximum absolute atomic E-state index is 11.3. The largest absolute Gasteiger partial charge is 0.465 e. The van der Waals surface area contributed by atoms with Crippen molar-refractivity contribution in [3.8, 4) is 0 Å². The second kappa shape index (κ2) is 4.98. The first-order valence-corrected chi connectivity index (χ1v) is 5.09. The highest BCUT2D eigenvalue weighted by atomic mass is 16.4. The number of nitrogens with one attached hydrogen (secondary N) is 1. The summed E-state index contributed by atoms with van der Waals surface area (Å²) in [6, 6.07) is 0. The molecule has 4 nitrogen and oxygen atoms in total. The van der Waals surface area contributed by atoms with E-state index in [4.69, 9.17) is 5.11 Å². The molecule has 1 rings (SSSR count). The fourth-order valence-electron chi connectivity index (χ4n) is 1.36. The molecule has 1 aliphatic carbocycles. The lowest BCUT2D eigenvalue weighted by atomic mass is 10.0. The van der Waals surface area contributed by atoms with Crippen molar-refractivity contribution in [2.45, 2.75) is 32.6 Å². The van der Waals surface area contributed by atoms with Gasteiger partial charge < -0.3 is 10.4 Å². The van der Waals surface area contributed by atoms with Gasteiger partial charge in [0.05, 0.1) is 0 Å². The van der Waals surface area contributed by atoms with Crippen molar-refractivity contribution in [1.29, 1.82) is 0 Å². The lowest BCUT2D eigenvalue weighted by Gasteiger charge is -2.09. The number of carbonyl (C=O) groups is 2. The number of ketones is 1. The van der Waals surface area contributed by atoms with Crippen molar-refractivity contribution in [3.63, 3.8) is 0 Å². The van der Waals surface area contributed by atoms with Gasteiger partial charge in [0, 0.05) is 18.9 Å². The summed E-state index contributed by atoms with van der Waals surface area (Å²) in [5.74, 6) is 0.926. The molecular formula is C10H17NO3. The molecule has 1 amide bonds. The normalized spacial score (nSPS) is 17.5. The van der Waals surface area contributed by atoms with Gasteiger partial charge in [0.2, 0.25) is 0 Å². The predicted octanol–water partition coefficient (Wildman–Crippen LogP) is 1.65. The third kappa shape index (κ3) is 4.25. The summed E-state index contributed by atoms with van der Waals surface area (Å²) in [7, 11) is 0. The minimum Gasteiger partial charge on any atom is -0.465 e. The summed E-state index contributed by atoms with van der Waals surface area (Å²) < 4.78 is 0. The summed E-state index contributed by atoms with van der Waals surface area (Å²) in [5, 5.41) is 10.7. The number of carboxylic acid groups (broad SMARTS) is 1. The van der Waals surface area contributed by atoms with Gasteiger partial charge in [-0.3, -0.25) is 4.79 Å². The highest BCUT2D eigenvalue weighted by Gasteiger charge is 2.28. The van der Waals surface area contributed by atoms with Crippen LogP contribution >= 0.6 is 0 Å². The van der Waals surface area contributed by atoms with E-state index < -0.39 is 6.09 Å². The fraction of sp³-hybridized carbons (Fsp3) is 0.800. The van der Waals surface area contributed by atoms with Crippen LogP contribution in [0, 0.1) is 11.8 Å². The topological polar surface area (TPSA) is 66.4 Å². The summed E-state index contributed by atoms with van der Waals surface area (Å²) in [6.45, 7) is 2.39. The van der Waals surface area contributed by atoms with Crippen LogP contribution in [0.25, 0.3) is 0 Å². The maximum atomic E-state index is 11.3. The molecule has 14 heavy (non-hydrogen) atoms. The first-order valence-electron chi connectivity index (χ1n) is 5.09. The highest BCUT2D eigenvalue weighted by molar-refractivity contribution is 5.83. The molecule has 0 saturated heterocycles. The molecule has 0 heterocycles. The molecule has 0 radical (unpaired) electrons. The van der Waals surface area contributed by atoms with Crippen LogP contribution < -0.4 is 5.32 Å². The van der Waals surface area contributed by atoms with E-state index in [1.807, 2.05) is 6.92 Å². The van der Waals surface area contributed by atoms with Crippen LogP contribution in [-0.2, 0) is 4.79 Å². The van der Waals surface area contributed by atoms with E-state index in [9.17, 15) is 9.59 Å². The molecule has 0 aromatic heterocycles. The quantitative estimate of drug-likeness (QED) is 0.683. The fourth-order valence-corrected chi connectivity index (χ4v) is 1.36. The molecule has 1 saturated carbocycles. The van der Waals surface area contributed by atoms with E-state index in [0.717, 1.165) is 19.3 Å². The molecule has 0 aromatic rings. The maximum Gasteiger partial charge on any atom is 0.404 e. The van der Waals surface area contributed by atoms with Crippen molar-refractivity contribution in [1.82, 2.24) is 5.32 Å². The Hall–Kier alpha value is -1.06. The molecule has 0 aliphatic heterocycles. The molecule has 1 aliphatic rings. The minimum absolute atomic E-state index is 0.244. The monoisotopic (exact) mass is 199 g/mol. The van der Waals surface area contributed by atoms with Crippen LogP contribution in [0.3, 0.4) is 0 Å². The number of carbonyl (C=O) groups excluding carboxylic acids is 1. The Morgan fingerprint density at radius 2 is 2.14 bits per heavy atom. The van der Waals surface area contributed by atoms with Gasteiger partial charge >= 0.3 is 6.09 Å². The molecule has 1 atom stereocenters. The summed E-state index contributed by atoms with van der Waals surface area (Å²) in [5.41, 5.74) is 0. The van der Waals surface area contributed by atoms with Crippen molar-refractivity contribution < 1.29 is 14.7 Å². The second-order valence-corrected chi connectivity index (χ2v) is 4.07. The van der Waals surface area contributed by atoms with E-state index in [0.29, 0.717) is 24.7 Å². The molecule has 2 N–H and O–H groups in total. The first-order chi connectivity index (χ1) is 6.59. The molecule has 1 fully saturated rings. The predicted molar refractivity (Wildman–Crippen MR) is 52.2 cm³/mol. The molecule has 0 bridgehead atoms. The van der Waals surface area contributed by atoms with E-state index in [2.05, 4.69) is 5.32 Å². The standard InChI is InChI=1S/C10H17NO3/c1-7(6-11-10(13)14)2-5-9(12)8-3-4-8/h7-8,11H,2-6H2,1H3,(H,13,14). The van der Waals surface area contributed by atoms with Gasteiger partial charge in [-0.25, -0.2) is 4.79 Å². The zero-order valence-electron chi connectivity index (χ0n) is 8.45. The van der Waals surface area contributed by atoms with Crippen LogP contribution in [-0.4, -0.2) is 23.5 Å². The number of hydrogen-bond acceptors (Lipinski definition) is 2. The Labute approximate surface area is 83.7 Å². The lowest BCUT2D eigenvalue weighted by molar-refractivity contribution is -0.120. The van der Waals surface area contributed by atoms with Gasteiger partial charge in [-0.05, 0) is 25.2 Å². The Morgan fingerprint density at radius 3 is 2.64 bits per heavy atom. The summed E-state index contributed by atoms with van der Waals surface area (Å²) in [6.07, 6.45) is 2.51. The van der Waals surface area contributed by atoms with E-state index in [1.54, 1.807) is 0 Å². The van der Waals surface area contributed by atoms with Crippen LogP contribution in [0.2, 0.25) is 0 Å². The average molecular weight is 199 g/mol. The van der Waals surface area contributed by atoms with Gasteiger partial charge in [-0.15, -0.1) is 0 Å². The first kappa shape index (κ1) is 11.0. The van der Waals surface area contributed by atoms with Crippen LogP contribution in [0.4, 0.5) is 4.79 Å². The zero-order valence-corrected chi connectivity index (χ0v) is 8.45. The third-order valence-electron chi connectivity index (χ3n) is 2.52. The highest BCUT2D eigenvalue weighted by Crippen LogP contribution is 2.31. The number of amides is 1. The van der Waals surface area contributed by atoms with Crippen LogP contribution in [0.5, 0.6) is 0 Å². The van der Waals surface area contributed by atoms with Crippen LogP contribution in [0.1, 0.15) is 32.6 Å². The molecular weight excluding hydrogens is 182 g/mol. The van der Waals surface area contributed by atoms with Gasteiger partial charge in [0.25, 0.3) is 0 Å². The Kier molecular flexibility index (Phi) is 3.92. The van der Waals surface area contributed by atoms with Crippen molar-refractivity contribution in [2.75, 3.05) is 6.54 Å². The summed E-state index contributed by atoms with van der Waals surface area (Å²) >= 11 is 0. The van der Waals surface area contributed by atoms with E-state index in [1.165, 1.54) is 0 Å². The van der Waals surface area contributed by atoms with Gasteiger partial charge in [-0.1, -0.05) is 6.92 Å². The van der Waals surface area contributed by atoms with Crippen molar-refractivity contribution in [2.24, 2.45) is 11.8 Å². The summed E-state index contributed by atoms with van der Waals surface area (Å²) in [4.78, 5) is 21.5. The average Bonchev–Trinajstić information content (AvgIpc) is 2.93. The smallest absolute Gasteiger partial charge is 0.404 e. The number of Topliss-reactive ketones (excluding diaryl/α,β-unsaturated/α-hetero) is 1. The molecule has 0 spiro atoms. The zero-order chi connectivity index (χ0) is 10.6. The van der Waals surface area contributed by atoms with E-state index in [-0.39, 0.29) is 5.92 Å². The Balaban J connectivity index is 2.04. The van der Waals surface area contributed by atoms with Gasteiger partial charge in [0.1, 0.15) is 5.78 Å². The van der Waals surface area contributed by atoms with Gasteiger partial charge in [-0.2, -0.15) is 0 Å². The van der Waals surface area contributed by atoms with E-state index >= 15 is 0 Å². The molecule has 80 valence electrons. The Morgan fingerprint density at radius 1 is 1.50 bits per heavy atom. The molecule has 4 heteroatoms.